The Bertz CT molecular complexity index is 96.4. The molecule has 0 aliphatic carbocycles. The molecule has 5 N–H and O–H groups in total. The second-order valence-electron chi connectivity index (χ2n) is 2.44. The second-order valence-corrected chi connectivity index (χ2v) is 2.98. The van der Waals surface area contributed by atoms with E-state index in [1.54, 1.807) is 13.8 Å². The lowest BCUT2D eigenvalue weighted by molar-refractivity contribution is -0.0177. The first-order chi connectivity index (χ1) is 5.90. The average Bonchev–Trinajstić information content (AvgIpc) is 1.99. The fourth-order valence-electron chi connectivity index (χ4n) is 0.356. The summed E-state index contributed by atoms with van der Waals surface area (Å²) in [5.74, 6) is 0. The fraction of sp³-hybridized carbons (Fsp3) is 1.00. The zero-order chi connectivity index (χ0) is 10.9. The van der Waals surface area contributed by atoms with Crippen LogP contribution in [0.3, 0.4) is 0 Å². The lowest BCUT2D eigenvalue weighted by atomic mass is 10.4. The monoisotopic (exact) mass is 216 g/mol. The summed E-state index contributed by atoms with van der Waals surface area (Å²) >= 11 is 0. The third-order valence-electron chi connectivity index (χ3n) is 0.879. The normalized spacial score (nSPS) is 14.8. The van der Waals surface area contributed by atoms with Gasteiger partial charge in [-0.2, -0.15) is 0 Å². The average molecular weight is 216 g/mol. The summed E-state index contributed by atoms with van der Waals surface area (Å²) in [5, 5.41) is 17.1. The van der Waals surface area contributed by atoms with Crippen molar-refractivity contribution < 1.29 is 29.6 Å². The second kappa shape index (κ2) is 10.3. The molecule has 6 nitrogen and oxygen atoms in total. The third kappa shape index (κ3) is 24.5. The molecule has 2 atom stereocenters. The highest BCUT2D eigenvalue weighted by molar-refractivity contribution is 7.38. The topological polar surface area (TPSA) is 110 Å². The van der Waals surface area contributed by atoms with Crippen molar-refractivity contribution >= 4 is 8.60 Å². The number of aliphatic hydroxyl groups is 2. The molecule has 0 spiro atoms. The molecule has 0 aliphatic heterocycles. The molecule has 0 aliphatic rings. The van der Waals surface area contributed by atoms with Crippen molar-refractivity contribution in [1.29, 1.82) is 0 Å². The van der Waals surface area contributed by atoms with E-state index in [0.717, 1.165) is 0 Å². The van der Waals surface area contributed by atoms with Crippen LogP contribution >= 0.6 is 8.60 Å². The van der Waals surface area contributed by atoms with Gasteiger partial charge >= 0.3 is 8.60 Å². The highest BCUT2D eigenvalue weighted by atomic mass is 31.2. The van der Waals surface area contributed by atoms with Crippen LogP contribution in [0.2, 0.25) is 0 Å². The molecule has 0 saturated heterocycles. The molecule has 13 heavy (non-hydrogen) atoms. The van der Waals surface area contributed by atoms with Gasteiger partial charge in [0.15, 0.2) is 0 Å². The Hall–Kier alpha value is 0.190. The van der Waals surface area contributed by atoms with Crippen LogP contribution in [0.5, 0.6) is 0 Å². The Morgan fingerprint density at radius 2 is 1.62 bits per heavy atom. The van der Waals surface area contributed by atoms with Crippen molar-refractivity contribution in [2.45, 2.75) is 26.1 Å². The van der Waals surface area contributed by atoms with E-state index in [1.807, 2.05) is 0 Å². The van der Waals surface area contributed by atoms with Crippen LogP contribution in [0.25, 0.3) is 0 Å². The van der Waals surface area contributed by atoms with Crippen LogP contribution in [0.4, 0.5) is 0 Å². The Labute approximate surface area is 78.4 Å². The Morgan fingerprint density at radius 3 is 1.85 bits per heavy atom. The molecule has 0 heterocycles. The van der Waals surface area contributed by atoms with Gasteiger partial charge in [0.1, 0.15) is 0 Å². The van der Waals surface area contributed by atoms with Gasteiger partial charge in [-0.1, -0.05) is 0 Å². The van der Waals surface area contributed by atoms with Gasteiger partial charge in [-0.3, -0.25) is 0 Å². The van der Waals surface area contributed by atoms with Gasteiger partial charge in [0, 0.05) is 0 Å². The molecule has 0 fully saturated rings. The Balaban J connectivity index is 0. The predicted molar refractivity (Wildman–Crippen MR) is 47.8 cm³/mol. The molecule has 2 unspecified atom stereocenters. The highest BCUT2D eigenvalue weighted by Crippen LogP contribution is 2.11. The molecular weight excluding hydrogens is 199 g/mol. The summed E-state index contributed by atoms with van der Waals surface area (Å²) in [6.45, 7) is 3.70. The Morgan fingerprint density at radius 1 is 1.23 bits per heavy atom. The van der Waals surface area contributed by atoms with E-state index < -0.39 is 14.7 Å². The maximum atomic E-state index is 8.69. The minimum Gasteiger partial charge on any atom is -0.394 e. The summed E-state index contributed by atoms with van der Waals surface area (Å²) in [5.41, 5.74) is 0. The van der Waals surface area contributed by atoms with Crippen LogP contribution < -0.4 is 0 Å². The van der Waals surface area contributed by atoms with E-state index in [1.165, 1.54) is 0 Å². The van der Waals surface area contributed by atoms with E-state index >= 15 is 0 Å². The molecule has 0 rings (SSSR count). The molecule has 0 saturated carbocycles. The smallest absolute Gasteiger partial charge is 0.324 e. The zero-order valence-corrected chi connectivity index (χ0v) is 8.55. The molecule has 0 aromatic rings. The minimum atomic E-state index is -2.62. The number of hydrogen-bond donors (Lipinski definition) is 5. The Kier molecular flexibility index (Phi) is 12.4. The van der Waals surface area contributed by atoms with E-state index in [2.05, 4.69) is 0 Å². The van der Waals surface area contributed by atoms with Crippen molar-refractivity contribution in [3.05, 3.63) is 0 Å². The molecule has 0 radical (unpaired) electrons. The van der Waals surface area contributed by atoms with Crippen LogP contribution in [0.1, 0.15) is 13.8 Å². The zero-order valence-electron chi connectivity index (χ0n) is 7.66. The standard InChI is InChI=1S/C6H14O3.H3O3P/c1-5(8)4-9-6(2)3-7;1-4(2)3/h5-8H,3-4H2,1-2H3;1-3H. The minimum absolute atomic E-state index is 0.00667. The van der Waals surface area contributed by atoms with Crippen molar-refractivity contribution in [3.8, 4) is 0 Å². The number of rotatable bonds is 4. The molecular formula is C6H17O6P. The van der Waals surface area contributed by atoms with Crippen molar-refractivity contribution in [3.63, 3.8) is 0 Å². The third-order valence-corrected chi connectivity index (χ3v) is 0.879. The molecule has 0 bridgehead atoms. The fourth-order valence-corrected chi connectivity index (χ4v) is 0.356. The molecule has 7 heteroatoms. The number of ether oxygens (including phenoxy) is 1. The number of hydrogen-bond acceptors (Lipinski definition) is 6. The highest BCUT2D eigenvalue weighted by Gasteiger charge is 2.00. The first kappa shape index (κ1) is 15.7. The van der Waals surface area contributed by atoms with Crippen LogP contribution in [-0.2, 0) is 4.74 Å². The predicted octanol–water partition coefficient (Wildman–Crippen LogP) is -1.05. The molecule has 0 aromatic carbocycles. The van der Waals surface area contributed by atoms with Crippen LogP contribution in [-0.4, -0.2) is 50.3 Å². The van der Waals surface area contributed by atoms with Gasteiger partial charge in [0.25, 0.3) is 0 Å². The quantitative estimate of drug-likeness (QED) is 0.384. The van der Waals surface area contributed by atoms with E-state index in [0.29, 0.717) is 6.61 Å². The largest absolute Gasteiger partial charge is 0.394 e. The summed E-state index contributed by atoms with van der Waals surface area (Å²) in [6.07, 6.45) is -0.612. The molecule has 0 amide bonds. The van der Waals surface area contributed by atoms with E-state index in [9.17, 15) is 0 Å². The van der Waals surface area contributed by atoms with E-state index in [4.69, 9.17) is 29.6 Å². The van der Waals surface area contributed by atoms with Crippen molar-refractivity contribution in [2.75, 3.05) is 13.2 Å². The molecule has 0 aromatic heterocycles. The van der Waals surface area contributed by atoms with Gasteiger partial charge in [-0.15, -0.1) is 0 Å². The maximum absolute atomic E-state index is 8.69. The first-order valence-electron chi connectivity index (χ1n) is 3.67. The SMILES string of the molecule is CC(O)COC(C)CO.OP(O)O. The van der Waals surface area contributed by atoms with Crippen LogP contribution in [0, 0.1) is 0 Å². The first-order valence-corrected chi connectivity index (χ1v) is 4.87. The summed E-state index contributed by atoms with van der Waals surface area (Å²) in [7, 11) is -2.62. The summed E-state index contributed by atoms with van der Waals surface area (Å²) in [4.78, 5) is 21.7. The van der Waals surface area contributed by atoms with Gasteiger partial charge in [0.05, 0.1) is 25.4 Å². The van der Waals surface area contributed by atoms with Gasteiger partial charge in [-0.05, 0) is 13.8 Å². The maximum Gasteiger partial charge on any atom is 0.324 e. The summed E-state index contributed by atoms with van der Waals surface area (Å²) in [6, 6.07) is 0. The molecule has 82 valence electrons. The van der Waals surface area contributed by atoms with Gasteiger partial charge < -0.3 is 29.6 Å². The van der Waals surface area contributed by atoms with Crippen molar-refractivity contribution in [2.24, 2.45) is 0 Å². The van der Waals surface area contributed by atoms with Gasteiger partial charge in [-0.25, -0.2) is 0 Å². The van der Waals surface area contributed by atoms with E-state index in [-0.39, 0.29) is 12.7 Å². The summed E-state index contributed by atoms with van der Waals surface area (Å²) < 4.78 is 4.95. The van der Waals surface area contributed by atoms with Crippen molar-refractivity contribution in [1.82, 2.24) is 0 Å². The lowest BCUT2D eigenvalue weighted by Gasteiger charge is -2.10. The number of aliphatic hydroxyl groups excluding tert-OH is 2. The van der Waals surface area contributed by atoms with Gasteiger partial charge in [0.2, 0.25) is 0 Å². The van der Waals surface area contributed by atoms with Crippen LogP contribution in [0.15, 0.2) is 0 Å². The lowest BCUT2D eigenvalue weighted by Crippen LogP contribution is -2.19.